The van der Waals surface area contributed by atoms with Gasteiger partial charge in [0.25, 0.3) is 0 Å². The van der Waals surface area contributed by atoms with Crippen molar-refractivity contribution in [3.8, 4) is 0 Å². The van der Waals surface area contributed by atoms with Gasteiger partial charge in [-0.05, 0) is 47.9 Å². The van der Waals surface area contributed by atoms with Gasteiger partial charge < -0.3 is 9.47 Å². The highest BCUT2D eigenvalue weighted by molar-refractivity contribution is 6.30. The lowest BCUT2D eigenvalue weighted by Crippen LogP contribution is -2.34. The molecular formula is C23H21ClN2O. The molecule has 27 heavy (non-hydrogen) atoms. The fraction of sp³-hybridized carbons (Fsp3) is 0.174. The van der Waals surface area contributed by atoms with Gasteiger partial charge in [-0.1, -0.05) is 54.1 Å². The number of rotatable bonds is 3. The highest BCUT2D eigenvalue weighted by Gasteiger charge is 2.29. The van der Waals surface area contributed by atoms with Gasteiger partial charge in [-0.25, -0.2) is 0 Å². The predicted octanol–water partition coefficient (Wildman–Crippen LogP) is 5.18. The highest BCUT2D eigenvalue weighted by Crippen LogP contribution is 2.32. The third kappa shape index (κ3) is 3.83. The van der Waals surface area contributed by atoms with Crippen LogP contribution in [0.15, 0.2) is 79.0 Å². The van der Waals surface area contributed by atoms with Gasteiger partial charge in [0.2, 0.25) is 5.91 Å². The van der Waals surface area contributed by atoms with Crippen LogP contribution in [-0.4, -0.2) is 21.9 Å². The van der Waals surface area contributed by atoms with Crippen LogP contribution in [0.3, 0.4) is 0 Å². The Hall–Kier alpha value is -2.78. The Kier molecular flexibility index (Phi) is 5.12. The maximum atomic E-state index is 13.1. The molecule has 1 atom stereocenters. The van der Waals surface area contributed by atoms with Crippen LogP contribution in [-0.2, 0) is 11.3 Å². The summed E-state index contributed by atoms with van der Waals surface area (Å²) < 4.78 is 2.24. The summed E-state index contributed by atoms with van der Waals surface area (Å²) in [5, 5.41) is 0.699. The molecule has 4 rings (SSSR count). The molecule has 2 aromatic carbocycles. The lowest BCUT2D eigenvalue weighted by Gasteiger charge is -2.30. The number of benzene rings is 2. The zero-order valence-electron chi connectivity index (χ0n) is 15.0. The van der Waals surface area contributed by atoms with Gasteiger partial charge in [-0.15, -0.1) is 0 Å². The van der Waals surface area contributed by atoms with Crippen molar-refractivity contribution in [2.24, 2.45) is 0 Å². The minimum atomic E-state index is -0.118. The van der Waals surface area contributed by atoms with E-state index in [2.05, 4.69) is 16.8 Å². The molecule has 1 aliphatic rings. The third-order valence-electron chi connectivity index (χ3n) is 4.94. The molecule has 3 nitrogen and oxygen atoms in total. The molecular weight excluding hydrogens is 356 g/mol. The van der Waals surface area contributed by atoms with E-state index < -0.39 is 0 Å². The Labute approximate surface area is 164 Å². The number of hydrogen-bond donors (Lipinski definition) is 0. The summed E-state index contributed by atoms with van der Waals surface area (Å²) in [5.41, 5.74) is 3.23. The summed E-state index contributed by atoms with van der Waals surface area (Å²) in [6.45, 7) is 1.63. The van der Waals surface area contributed by atoms with Gasteiger partial charge >= 0.3 is 0 Å². The molecule has 0 saturated carbocycles. The molecule has 2 heterocycles. The number of amides is 1. The van der Waals surface area contributed by atoms with Crippen molar-refractivity contribution in [3.05, 3.63) is 101 Å². The van der Waals surface area contributed by atoms with Crippen molar-refractivity contribution < 1.29 is 4.79 Å². The highest BCUT2D eigenvalue weighted by atomic mass is 35.5. The molecule has 0 N–H and O–H groups in total. The smallest absolute Gasteiger partial charge is 0.247 e. The topological polar surface area (TPSA) is 25.2 Å². The van der Waals surface area contributed by atoms with Crippen LogP contribution >= 0.6 is 11.6 Å². The van der Waals surface area contributed by atoms with E-state index in [1.54, 1.807) is 6.08 Å². The number of nitrogens with zero attached hydrogens (tertiary/aromatic N) is 2. The van der Waals surface area contributed by atoms with Crippen LogP contribution < -0.4 is 0 Å². The SMILES string of the molecule is O=C(/C=C/c1ccccc1)N1CCCn2cccc2C1c1ccc(Cl)cc1. The Balaban J connectivity index is 1.69. The monoisotopic (exact) mass is 376 g/mol. The number of carbonyl (C=O) groups excluding carboxylic acids is 1. The fourth-order valence-electron chi connectivity index (χ4n) is 3.64. The molecule has 4 heteroatoms. The number of hydrogen-bond acceptors (Lipinski definition) is 1. The van der Waals surface area contributed by atoms with Gasteiger partial charge in [0, 0.05) is 36.1 Å². The lowest BCUT2D eigenvalue weighted by molar-refractivity contribution is -0.127. The average molecular weight is 377 g/mol. The second-order valence-electron chi connectivity index (χ2n) is 6.71. The van der Waals surface area contributed by atoms with Crippen LogP contribution in [0, 0.1) is 0 Å². The summed E-state index contributed by atoms with van der Waals surface area (Å²) in [4.78, 5) is 15.1. The van der Waals surface area contributed by atoms with Crippen molar-refractivity contribution in [1.82, 2.24) is 9.47 Å². The molecule has 0 radical (unpaired) electrons. The summed E-state index contributed by atoms with van der Waals surface area (Å²) >= 11 is 6.08. The van der Waals surface area contributed by atoms with E-state index in [1.165, 1.54) is 0 Å². The van der Waals surface area contributed by atoms with Crippen LogP contribution in [0.25, 0.3) is 6.08 Å². The summed E-state index contributed by atoms with van der Waals surface area (Å²) in [6, 6.07) is 21.7. The van der Waals surface area contributed by atoms with Crippen LogP contribution in [0.1, 0.15) is 29.3 Å². The van der Waals surface area contributed by atoms with Crippen molar-refractivity contribution in [2.45, 2.75) is 19.0 Å². The Morgan fingerprint density at radius 2 is 1.74 bits per heavy atom. The van der Waals surface area contributed by atoms with E-state index >= 15 is 0 Å². The van der Waals surface area contributed by atoms with E-state index in [0.29, 0.717) is 11.6 Å². The molecule has 1 aliphatic heterocycles. The Morgan fingerprint density at radius 3 is 2.52 bits per heavy atom. The zero-order chi connectivity index (χ0) is 18.6. The fourth-order valence-corrected chi connectivity index (χ4v) is 3.77. The van der Waals surface area contributed by atoms with E-state index in [9.17, 15) is 4.79 Å². The molecule has 0 fully saturated rings. The van der Waals surface area contributed by atoms with Crippen molar-refractivity contribution >= 4 is 23.6 Å². The molecule has 3 aromatic rings. The minimum Gasteiger partial charge on any atom is -0.349 e. The molecule has 1 unspecified atom stereocenters. The van der Waals surface area contributed by atoms with Gasteiger partial charge in [0.1, 0.15) is 0 Å². The van der Waals surface area contributed by atoms with Crippen molar-refractivity contribution in [1.29, 1.82) is 0 Å². The van der Waals surface area contributed by atoms with Crippen LogP contribution in [0.2, 0.25) is 5.02 Å². The van der Waals surface area contributed by atoms with Gasteiger partial charge in [-0.3, -0.25) is 4.79 Å². The van der Waals surface area contributed by atoms with E-state index in [-0.39, 0.29) is 11.9 Å². The standard InChI is InChI=1S/C23H21ClN2O/c24-20-12-10-19(11-13-20)23-21-8-4-15-25(21)16-5-17-26(23)22(27)14-9-18-6-2-1-3-7-18/h1-4,6-15,23H,5,16-17H2/b14-9+. The number of aryl methyl sites for hydroxylation is 1. The molecule has 0 saturated heterocycles. The average Bonchev–Trinajstić information content (AvgIpc) is 3.08. The summed E-state index contributed by atoms with van der Waals surface area (Å²) in [7, 11) is 0. The first kappa shape index (κ1) is 17.6. The Morgan fingerprint density at radius 1 is 0.963 bits per heavy atom. The zero-order valence-corrected chi connectivity index (χ0v) is 15.7. The Bertz CT molecular complexity index is 944. The summed E-state index contributed by atoms with van der Waals surface area (Å²) in [6.07, 6.45) is 6.57. The molecule has 136 valence electrons. The number of fused-ring (bicyclic) bond motifs is 1. The largest absolute Gasteiger partial charge is 0.349 e. The van der Waals surface area contributed by atoms with Crippen molar-refractivity contribution in [2.75, 3.05) is 6.54 Å². The summed E-state index contributed by atoms with van der Waals surface area (Å²) in [5.74, 6) is 0.0217. The quantitative estimate of drug-likeness (QED) is 0.578. The first-order chi connectivity index (χ1) is 13.2. The third-order valence-corrected chi connectivity index (χ3v) is 5.19. The molecule has 0 aliphatic carbocycles. The van der Waals surface area contributed by atoms with E-state index in [0.717, 1.165) is 29.8 Å². The maximum Gasteiger partial charge on any atom is 0.247 e. The van der Waals surface area contributed by atoms with E-state index in [4.69, 9.17) is 11.6 Å². The molecule has 0 bridgehead atoms. The molecule has 1 aromatic heterocycles. The first-order valence-corrected chi connectivity index (χ1v) is 9.54. The second-order valence-corrected chi connectivity index (χ2v) is 7.15. The second kappa shape index (κ2) is 7.85. The normalized spacial score (nSPS) is 16.9. The van der Waals surface area contributed by atoms with Gasteiger partial charge in [0.05, 0.1) is 6.04 Å². The minimum absolute atomic E-state index is 0.0217. The molecule has 1 amide bonds. The predicted molar refractivity (Wildman–Crippen MR) is 110 cm³/mol. The van der Waals surface area contributed by atoms with Crippen LogP contribution in [0.5, 0.6) is 0 Å². The lowest BCUT2D eigenvalue weighted by atomic mass is 10.0. The van der Waals surface area contributed by atoms with Gasteiger partial charge in [-0.2, -0.15) is 0 Å². The van der Waals surface area contributed by atoms with Gasteiger partial charge in [0.15, 0.2) is 0 Å². The first-order valence-electron chi connectivity index (χ1n) is 9.16. The van der Waals surface area contributed by atoms with Crippen LogP contribution in [0.4, 0.5) is 0 Å². The van der Waals surface area contributed by atoms with E-state index in [1.807, 2.05) is 71.6 Å². The molecule has 0 spiro atoms. The number of carbonyl (C=O) groups is 1. The maximum absolute atomic E-state index is 13.1. The van der Waals surface area contributed by atoms with Crippen molar-refractivity contribution in [3.63, 3.8) is 0 Å². The number of aromatic nitrogens is 1. The number of halogens is 1.